The fourth-order valence-corrected chi connectivity index (χ4v) is 0.289. The van der Waals surface area contributed by atoms with Crippen molar-refractivity contribution in [2.75, 3.05) is 0 Å². The van der Waals surface area contributed by atoms with Gasteiger partial charge in [-0.3, -0.25) is 0 Å². The maximum atomic E-state index is 12.2. The number of carboxylic acids is 1. The second kappa shape index (κ2) is 2.92. The number of hydrogen-bond acceptors (Lipinski definition) is 1. The molecule has 0 aromatic rings. The van der Waals surface area contributed by atoms with Crippen molar-refractivity contribution in [1.82, 2.24) is 0 Å². The zero-order valence-electron chi connectivity index (χ0n) is 3.94. The number of rotatable bonds is 2. The Morgan fingerprint density at radius 1 is 1.78 bits per heavy atom. The maximum absolute atomic E-state index is 12.2. The van der Waals surface area contributed by atoms with Gasteiger partial charge in [0, 0.05) is 0 Å². The Labute approximate surface area is 66.5 Å². The van der Waals surface area contributed by atoms with Crippen molar-refractivity contribution < 1.29 is 18.7 Å². The minimum atomic E-state index is -3.02. The van der Waals surface area contributed by atoms with E-state index in [9.17, 15) is 13.6 Å². The Morgan fingerprint density at radius 3 is 2.11 bits per heavy atom. The highest BCUT2D eigenvalue weighted by Crippen LogP contribution is 2.30. The second-order valence-electron chi connectivity index (χ2n) is 1.23. The molecule has 0 saturated heterocycles. The van der Waals surface area contributed by atoms with Gasteiger partial charge >= 0.3 is 10.5 Å². The molecule has 0 aliphatic rings. The zero-order valence-corrected chi connectivity index (χ0v) is 7.12. The Hall–Kier alpha value is 0.290. The minimum Gasteiger partial charge on any atom is -0.478 e. The maximum Gasteiger partial charge on any atom is 0.356 e. The molecule has 54 valence electrons. The van der Waals surface area contributed by atoms with Crippen LogP contribution in [0, 0.1) is 0 Å². The number of hydrogen-bond donors (Lipinski definition) is 1. The molecule has 0 radical (unpaired) electrons. The van der Waals surface area contributed by atoms with E-state index in [-0.39, 0.29) is 0 Å². The van der Waals surface area contributed by atoms with Crippen LogP contribution < -0.4 is 0 Å². The average Bonchev–Trinajstić information content (AvgIpc) is 1.65. The van der Waals surface area contributed by atoms with Crippen LogP contribution in [0.3, 0.4) is 0 Å². The van der Waals surface area contributed by atoms with Crippen LogP contribution in [0.5, 0.6) is 0 Å². The molecule has 2 atom stereocenters. The fraction of sp³-hybridized carbons (Fsp3) is 0.667. The van der Waals surface area contributed by atoms with Crippen LogP contribution in [-0.2, 0) is 4.79 Å². The number of aliphatic carboxylic acids is 1. The van der Waals surface area contributed by atoms with Crippen molar-refractivity contribution in [3.63, 3.8) is 0 Å². The Bertz CT molecular complexity index is 125. The molecule has 0 fully saturated rings. The molecule has 1 N–H and O–H groups in total. The van der Waals surface area contributed by atoms with Crippen LogP contribution in [0.4, 0.5) is 8.78 Å². The first-order valence-corrected chi connectivity index (χ1v) is 3.49. The summed E-state index contributed by atoms with van der Waals surface area (Å²) in [6.45, 7) is 0. The SMILES string of the molecule is O=C(O)C(F)(Br)C(F)Br. The normalized spacial score (nSPS) is 20.4. The number of alkyl halides is 4. The lowest BCUT2D eigenvalue weighted by molar-refractivity contribution is -0.145. The van der Waals surface area contributed by atoms with Crippen molar-refractivity contribution >= 4 is 37.8 Å². The van der Waals surface area contributed by atoms with E-state index in [0.717, 1.165) is 0 Å². The minimum absolute atomic E-state index is 1.90. The first-order chi connectivity index (χ1) is 3.89. The van der Waals surface area contributed by atoms with Gasteiger partial charge < -0.3 is 5.11 Å². The van der Waals surface area contributed by atoms with Gasteiger partial charge in [-0.05, 0) is 31.9 Å². The summed E-state index contributed by atoms with van der Waals surface area (Å²) in [7, 11) is 0. The highest BCUT2D eigenvalue weighted by atomic mass is 79.9. The van der Waals surface area contributed by atoms with Crippen molar-refractivity contribution in [2.24, 2.45) is 0 Å². The molecule has 0 heterocycles. The standard InChI is InChI=1S/C3H2Br2F2O2/c4-1(6)3(5,7)2(8)9/h1H,(H,8,9). The van der Waals surface area contributed by atoms with Gasteiger partial charge in [0.2, 0.25) is 5.08 Å². The summed E-state index contributed by atoms with van der Waals surface area (Å²) in [5, 5.41) is 5.67. The number of halogens is 4. The van der Waals surface area contributed by atoms with Crippen molar-refractivity contribution in [3.05, 3.63) is 0 Å². The summed E-state index contributed by atoms with van der Waals surface area (Å²) in [5.74, 6) is -1.90. The molecular weight excluding hydrogens is 266 g/mol. The van der Waals surface area contributed by atoms with E-state index in [1.54, 1.807) is 0 Å². The lowest BCUT2D eigenvalue weighted by Gasteiger charge is -2.11. The molecule has 2 unspecified atom stereocenters. The Kier molecular flexibility index (Phi) is 3.01. The largest absolute Gasteiger partial charge is 0.478 e. The smallest absolute Gasteiger partial charge is 0.356 e. The third kappa shape index (κ3) is 2.17. The average molecular weight is 268 g/mol. The van der Waals surface area contributed by atoms with Crippen LogP contribution in [0.15, 0.2) is 0 Å². The van der Waals surface area contributed by atoms with E-state index in [0.29, 0.717) is 0 Å². The van der Waals surface area contributed by atoms with Gasteiger partial charge in [0.05, 0.1) is 0 Å². The van der Waals surface area contributed by atoms with E-state index in [1.165, 1.54) is 0 Å². The van der Waals surface area contributed by atoms with Crippen molar-refractivity contribution in [1.29, 1.82) is 0 Å². The molecule has 0 spiro atoms. The number of carbonyl (C=O) groups is 1. The van der Waals surface area contributed by atoms with Crippen molar-refractivity contribution in [3.8, 4) is 0 Å². The van der Waals surface area contributed by atoms with Crippen LogP contribution in [0.25, 0.3) is 0 Å². The van der Waals surface area contributed by atoms with Crippen molar-refractivity contribution in [2.45, 2.75) is 9.66 Å². The predicted octanol–water partition coefficient (Wildman–Crippen LogP) is 1.82. The van der Waals surface area contributed by atoms with Gasteiger partial charge in [0.25, 0.3) is 0 Å². The number of carboxylic acid groups (broad SMARTS) is 1. The van der Waals surface area contributed by atoms with Gasteiger partial charge in [-0.15, -0.1) is 0 Å². The second-order valence-corrected chi connectivity index (χ2v) is 3.19. The summed E-state index contributed by atoms with van der Waals surface area (Å²) in [5.41, 5.74) is 0. The highest BCUT2D eigenvalue weighted by Gasteiger charge is 2.43. The van der Waals surface area contributed by atoms with E-state index >= 15 is 0 Å². The highest BCUT2D eigenvalue weighted by molar-refractivity contribution is 9.12. The monoisotopic (exact) mass is 266 g/mol. The summed E-state index contributed by atoms with van der Waals surface area (Å²) in [4.78, 5) is 9.77. The zero-order chi connectivity index (χ0) is 7.65. The molecule has 2 nitrogen and oxygen atoms in total. The van der Waals surface area contributed by atoms with Gasteiger partial charge in [-0.25, -0.2) is 13.6 Å². The molecule has 9 heavy (non-hydrogen) atoms. The molecule has 0 bridgehead atoms. The molecule has 0 aromatic heterocycles. The topological polar surface area (TPSA) is 37.3 Å². The first kappa shape index (κ1) is 9.29. The van der Waals surface area contributed by atoms with Gasteiger partial charge in [0.15, 0.2) is 0 Å². The van der Waals surface area contributed by atoms with E-state index in [4.69, 9.17) is 5.11 Å². The Balaban J connectivity index is 4.19. The quantitative estimate of drug-likeness (QED) is 0.775. The van der Waals surface area contributed by atoms with Gasteiger partial charge in [-0.1, -0.05) is 0 Å². The van der Waals surface area contributed by atoms with E-state index in [2.05, 4.69) is 15.9 Å². The van der Waals surface area contributed by atoms with Crippen LogP contribution in [0.2, 0.25) is 0 Å². The van der Waals surface area contributed by atoms with Gasteiger partial charge in [-0.2, -0.15) is 0 Å². The molecule has 0 aliphatic heterocycles. The molecule has 0 saturated carbocycles. The summed E-state index contributed by atoms with van der Waals surface area (Å²) >= 11 is 4.15. The van der Waals surface area contributed by atoms with Crippen LogP contribution >= 0.6 is 31.9 Å². The first-order valence-electron chi connectivity index (χ1n) is 1.78. The van der Waals surface area contributed by atoms with Gasteiger partial charge in [0.1, 0.15) is 0 Å². The molecule has 0 aliphatic carbocycles. The fourth-order valence-electron chi connectivity index (χ4n) is 0.0933. The third-order valence-corrected chi connectivity index (χ3v) is 2.55. The molecule has 6 heteroatoms. The lowest BCUT2D eigenvalue weighted by atomic mass is 10.4. The molecule has 0 rings (SSSR count). The molecular formula is C3H2Br2F2O2. The molecule has 0 amide bonds. The summed E-state index contributed by atoms with van der Waals surface area (Å²) in [6.07, 6.45) is 0. The summed E-state index contributed by atoms with van der Waals surface area (Å²) in [6, 6.07) is 0. The predicted molar refractivity (Wildman–Crippen MR) is 34.2 cm³/mol. The van der Waals surface area contributed by atoms with E-state index < -0.39 is 15.6 Å². The van der Waals surface area contributed by atoms with Crippen LogP contribution in [-0.4, -0.2) is 20.7 Å². The van der Waals surface area contributed by atoms with Crippen LogP contribution in [0.1, 0.15) is 0 Å². The lowest BCUT2D eigenvalue weighted by Crippen LogP contribution is -2.33. The summed E-state index contributed by atoms with van der Waals surface area (Å²) < 4.78 is 21.1. The molecule has 0 aromatic carbocycles. The Morgan fingerprint density at radius 2 is 2.11 bits per heavy atom. The van der Waals surface area contributed by atoms with E-state index in [1.807, 2.05) is 15.9 Å². The third-order valence-electron chi connectivity index (χ3n) is 0.559.